The third-order valence-electron chi connectivity index (χ3n) is 6.82. The summed E-state index contributed by atoms with van der Waals surface area (Å²) in [4.78, 5) is 34.1. The lowest BCUT2D eigenvalue weighted by molar-refractivity contribution is 0.0653. The largest absolute Gasteiger partial charge is 0.457 e. The summed E-state index contributed by atoms with van der Waals surface area (Å²) in [5.74, 6) is 1.18. The van der Waals surface area contributed by atoms with Gasteiger partial charge >= 0.3 is 6.03 Å². The van der Waals surface area contributed by atoms with E-state index in [1.165, 1.54) is 11.3 Å². The van der Waals surface area contributed by atoms with E-state index in [-0.39, 0.29) is 24.1 Å². The van der Waals surface area contributed by atoms with Crippen molar-refractivity contribution in [3.63, 3.8) is 0 Å². The van der Waals surface area contributed by atoms with Gasteiger partial charge in [0.25, 0.3) is 5.91 Å². The van der Waals surface area contributed by atoms with Gasteiger partial charge in [-0.3, -0.25) is 9.69 Å². The number of urea groups is 1. The molecule has 9 nitrogen and oxygen atoms in total. The van der Waals surface area contributed by atoms with E-state index in [9.17, 15) is 9.59 Å². The van der Waals surface area contributed by atoms with Crippen LogP contribution >= 0.6 is 11.3 Å². The number of anilines is 3. The summed E-state index contributed by atoms with van der Waals surface area (Å²) in [6.07, 6.45) is 2.44. The Morgan fingerprint density at radius 1 is 1.11 bits per heavy atom. The van der Waals surface area contributed by atoms with Crippen LogP contribution in [0.4, 0.5) is 21.9 Å². The summed E-state index contributed by atoms with van der Waals surface area (Å²) in [5, 5.41) is 10.1. The standard InChI is InChI=1S/C28H27N5O4S/c1-16-12-19(37-18-6-4-3-5-7-18)8-9-21(16)33-22-10-11-30-27-23(22)24(32-28(33)35)25(38-27)26(34)31-17-13-20(36-2)15-29-14-17/h3-12,17,20,29H,13-15H2,1-2H3,(H,31,34)(H,32,35)/t17-,20-/m1/s1. The molecule has 2 atom stereocenters. The van der Waals surface area contributed by atoms with Crippen LogP contribution in [0.15, 0.2) is 60.8 Å². The Labute approximate surface area is 223 Å². The number of methoxy groups -OCH3 is 1. The summed E-state index contributed by atoms with van der Waals surface area (Å²) >= 11 is 1.28. The Hall–Kier alpha value is -3.99. The first kappa shape index (κ1) is 24.4. The first-order valence-electron chi connectivity index (χ1n) is 12.4. The fourth-order valence-corrected chi connectivity index (χ4v) is 6.02. The number of nitrogens with one attached hydrogen (secondary N) is 3. The number of ether oxygens (including phenoxy) is 2. The molecule has 3 amide bonds. The second-order valence-corrected chi connectivity index (χ2v) is 10.4. The van der Waals surface area contributed by atoms with Crippen LogP contribution in [0, 0.1) is 6.92 Å². The highest BCUT2D eigenvalue weighted by Gasteiger charge is 2.34. The molecule has 194 valence electrons. The first-order chi connectivity index (χ1) is 18.5. The summed E-state index contributed by atoms with van der Waals surface area (Å²) in [7, 11) is 1.67. The number of rotatable bonds is 6. The van der Waals surface area contributed by atoms with Crippen molar-refractivity contribution in [3.8, 4) is 11.5 Å². The maximum atomic E-state index is 13.5. The van der Waals surface area contributed by atoms with Gasteiger partial charge < -0.3 is 25.4 Å². The third kappa shape index (κ3) is 4.47. The fraction of sp³-hybridized carbons (Fsp3) is 0.250. The molecule has 0 spiro atoms. The van der Waals surface area contributed by atoms with Gasteiger partial charge in [-0.25, -0.2) is 9.78 Å². The van der Waals surface area contributed by atoms with Crippen LogP contribution in [0.2, 0.25) is 0 Å². The number of aryl methyl sites for hydroxylation is 1. The number of nitrogens with zero attached hydrogens (tertiary/aromatic N) is 2. The molecule has 0 bridgehead atoms. The average Bonchev–Trinajstić information content (AvgIpc) is 3.30. The van der Waals surface area contributed by atoms with Gasteiger partial charge in [-0.15, -0.1) is 11.3 Å². The monoisotopic (exact) mass is 529 g/mol. The van der Waals surface area contributed by atoms with E-state index < -0.39 is 0 Å². The van der Waals surface area contributed by atoms with Crippen LogP contribution in [0.1, 0.15) is 21.7 Å². The minimum atomic E-state index is -0.337. The molecule has 38 heavy (non-hydrogen) atoms. The van der Waals surface area contributed by atoms with Gasteiger partial charge in [0, 0.05) is 32.4 Å². The molecule has 1 fully saturated rings. The quantitative estimate of drug-likeness (QED) is 0.318. The number of pyridine rings is 1. The lowest BCUT2D eigenvalue weighted by Gasteiger charge is -2.30. The second kappa shape index (κ2) is 10.1. The fourth-order valence-electron chi connectivity index (χ4n) is 4.99. The Balaban J connectivity index is 1.31. The Bertz CT molecular complexity index is 1520. The predicted octanol–water partition coefficient (Wildman–Crippen LogP) is 5.19. The second-order valence-electron chi connectivity index (χ2n) is 9.37. The number of piperidine rings is 1. The normalized spacial score (nSPS) is 18.8. The molecule has 6 rings (SSSR count). The topological polar surface area (TPSA) is 105 Å². The lowest BCUT2D eigenvalue weighted by Crippen LogP contribution is -2.51. The van der Waals surface area contributed by atoms with E-state index in [4.69, 9.17) is 9.47 Å². The maximum absolute atomic E-state index is 13.5. The van der Waals surface area contributed by atoms with Crippen LogP contribution in [0.3, 0.4) is 0 Å². The number of amides is 3. The molecule has 1 saturated heterocycles. The SMILES string of the molecule is CO[C@H]1CNC[C@H](NC(=O)c2sc3nccc4c3c2NC(=O)N4c2ccc(Oc3ccccc3)cc2C)C1. The number of para-hydroxylation sites is 1. The highest BCUT2D eigenvalue weighted by atomic mass is 32.1. The van der Waals surface area contributed by atoms with E-state index in [1.807, 2.05) is 55.5 Å². The number of hydrogen-bond acceptors (Lipinski definition) is 7. The van der Waals surface area contributed by atoms with Crippen molar-refractivity contribution in [1.29, 1.82) is 0 Å². The molecule has 0 saturated carbocycles. The van der Waals surface area contributed by atoms with Gasteiger partial charge in [0.05, 0.1) is 28.6 Å². The zero-order chi connectivity index (χ0) is 26.2. The highest BCUT2D eigenvalue weighted by molar-refractivity contribution is 7.21. The summed E-state index contributed by atoms with van der Waals surface area (Å²) in [6.45, 7) is 3.36. The van der Waals surface area contributed by atoms with E-state index >= 15 is 0 Å². The van der Waals surface area contributed by atoms with Gasteiger partial charge in [0.1, 0.15) is 21.2 Å². The van der Waals surface area contributed by atoms with Crippen LogP contribution in [0.5, 0.6) is 11.5 Å². The van der Waals surface area contributed by atoms with Gasteiger partial charge in [0.2, 0.25) is 0 Å². The molecule has 4 aromatic rings. The van der Waals surface area contributed by atoms with Gasteiger partial charge in [-0.2, -0.15) is 0 Å². The van der Waals surface area contributed by atoms with Gasteiger partial charge in [-0.05, 0) is 55.3 Å². The zero-order valence-electron chi connectivity index (χ0n) is 21.0. The highest BCUT2D eigenvalue weighted by Crippen LogP contribution is 2.46. The number of benzene rings is 2. The van der Waals surface area contributed by atoms with Crippen molar-refractivity contribution in [2.24, 2.45) is 0 Å². The molecule has 0 aliphatic carbocycles. The Kier molecular flexibility index (Phi) is 6.44. The number of thiophene rings is 1. The summed E-state index contributed by atoms with van der Waals surface area (Å²) < 4.78 is 11.4. The lowest BCUT2D eigenvalue weighted by atomic mass is 10.0. The average molecular weight is 530 g/mol. The molecule has 2 aliphatic heterocycles. The number of hydrogen-bond donors (Lipinski definition) is 3. The minimum Gasteiger partial charge on any atom is -0.457 e. The predicted molar refractivity (Wildman–Crippen MR) is 148 cm³/mol. The van der Waals surface area contributed by atoms with Crippen LogP contribution in [-0.4, -0.2) is 49.3 Å². The molecule has 4 heterocycles. The molecule has 3 N–H and O–H groups in total. The van der Waals surface area contributed by atoms with Crippen molar-refractivity contribution in [3.05, 3.63) is 71.2 Å². The molecule has 0 unspecified atom stereocenters. The van der Waals surface area contributed by atoms with E-state index in [0.717, 1.165) is 35.4 Å². The van der Waals surface area contributed by atoms with Crippen LogP contribution in [0.25, 0.3) is 10.2 Å². The summed E-state index contributed by atoms with van der Waals surface area (Å²) in [6, 6.07) is 16.6. The van der Waals surface area contributed by atoms with Crippen molar-refractivity contribution in [2.75, 3.05) is 30.4 Å². The van der Waals surface area contributed by atoms with E-state index in [1.54, 1.807) is 24.3 Å². The van der Waals surface area contributed by atoms with E-state index in [0.29, 0.717) is 33.4 Å². The van der Waals surface area contributed by atoms with Crippen LogP contribution in [-0.2, 0) is 4.74 Å². The van der Waals surface area contributed by atoms with Crippen LogP contribution < -0.4 is 25.6 Å². The smallest absolute Gasteiger partial charge is 0.331 e. The van der Waals surface area contributed by atoms with Crippen molar-refractivity contribution >= 4 is 50.6 Å². The number of carbonyl (C=O) groups excluding carboxylic acids is 2. The minimum absolute atomic E-state index is 0.0454. The van der Waals surface area contributed by atoms with Crippen molar-refractivity contribution < 1.29 is 19.1 Å². The van der Waals surface area contributed by atoms with Crippen molar-refractivity contribution in [1.82, 2.24) is 15.6 Å². The first-order valence-corrected chi connectivity index (χ1v) is 13.2. The molecule has 2 aliphatic rings. The van der Waals surface area contributed by atoms with Crippen molar-refractivity contribution in [2.45, 2.75) is 25.5 Å². The van der Waals surface area contributed by atoms with Gasteiger partial charge in [0.15, 0.2) is 0 Å². The Morgan fingerprint density at radius 2 is 1.95 bits per heavy atom. The zero-order valence-corrected chi connectivity index (χ0v) is 21.8. The molecular weight excluding hydrogens is 502 g/mol. The van der Waals surface area contributed by atoms with Gasteiger partial charge in [-0.1, -0.05) is 18.2 Å². The number of aromatic nitrogens is 1. The molecule has 2 aromatic carbocycles. The third-order valence-corrected chi connectivity index (χ3v) is 7.92. The molecule has 2 aromatic heterocycles. The molecule has 10 heteroatoms. The molecule has 0 radical (unpaired) electrons. The maximum Gasteiger partial charge on any atom is 0.331 e. The Morgan fingerprint density at radius 3 is 2.74 bits per heavy atom. The number of carbonyl (C=O) groups is 2. The molecular formula is C28H27N5O4S. The van der Waals surface area contributed by atoms with E-state index in [2.05, 4.69) is 20.9 Å². The summed E-state index contributed by atoms with van der Waals surface area (Å²) in [5.41, 5.74) is 2.77.